The van der Waals surface area contributed by atoms with Gasteiger partial charge in [0.15, 0.2) is 0 Å². The molecular weight excluding hydrogens is 370 g/mol. The highest BCUT2D eigenvalue weighted by Crippen LogP contribution is 2.31. The number of likely N-dealkylation sites (tertiary alicyclic amines) is 1. The topological polar surface area (TPSA) is 96.0 Å². The van der Waals surface area contributed by atoms with Gasteiger partial charge in [-0.15, -0.1) is 0 Å². The SMILES string of the molecule is CON(C)S(=O)(=O)c1ccc(C(=O)NC2CCN(C(=O)C3CC3)CC2)cc1. The molecule has 27 heavy (non-hydrogen) atoms. The van der Waals surface area contributed by atoms with Crippen LogP contribution in [-0.2, 0) is 19.7 Å². The van der Waals surface area contributed by atoms with E-state index in [-0.39, 0.29) is 28.7 Å². The molecule has 1 aliphatic heterocycles. The average Bonchev–Trinajstić information content (AvgIpc) is 3.52. The zero-order valence-electron chi connectivity index (χ0n) is 15.6. The minimum atomic E-state index is -3.73. The van der Waals surface area contributed by atoms with Crippen LogP contribution in [0.5, 0.6) is 0 Å². The molecule has 0 atom stereocenters. The van der Waals surface area contributed by atoms with Crippen molar-refractivity contribution in [1.82, 2.24) is 14.7 Å². The van der Waals surface area contributed by atoms with Crippen LogP contribution < -0.4 is 5.32 Å². The Bertz CT molecular complexity index is 797. The van der Waals surface area contributed by atoms with Crippen molar-refractivity contribution < 1.29 is 22.8 Å². The summed E-state index contributed by atoms with van der Waals surface area (Å²) in [5, 5.41) is 2.97. The number of benzene rings is 1. The molecule has 2 amide bonds. The fourth-order valence-corrected chi connectivity index (χ4v) is 4.10. The molecule has 1 aliphatic carbocycles. The lowest BCUT2D eigenvalue weighted by molar-refractivity contribution is -0.133. The fraction of sp³-hybridized carbons (Fsp3) is 0.556. The Morgan fingerprint density at radius 3 is 2.22 bits per heavy atom. The van der Waals surface area contributed by atoms with E-state index in [2.05, 4.69) is 5.32 Å². The summed E-state index contributed by atoms with van der Waals surface area (Å²) in [4.78, 5) is 31.2. The number of carbonyl (C=O) groups excluding carboxylic acids is 2. The quantitative estimate of drug-likeness (QED) is 0.725. The smallest absolute Gasteiger partial charge is 0.264 e. The van der Waals surface area contributed by atoms with E-state index in [0.717, 1.165) is 30.2 Å². The van der Waals surface area contributed by atoms with E-state index in [1.807, 2.05) is 4.90 Å². The van der Waals surface area contributed by atoms with Gasteiger partial charge in [-0.25, -0.2) is 8.42 Å². The second kappa shape index (κ2) is 7.95. The predicted octanol–water partition coefficient (Wildman–Crippen LogP) is 0.999. The minimum absolute atomic E-state index is 0.0174. The van der Waals surface area contributed by atoms with Gasteiger partial charge in [0.2, 0.25) is 5.91 Å². The zero-order valence-corrected chi connectivity index (χ0v) is 16.4. The number of sulfonamides is 1. The van der Waals surface area contributed by atoms with Gasteiger partial charge in [-0.05, 0) is 49.9 Å². The van der Waals surface area contributed by atoms with Gasteiger partial charge in [-0.3, -0.25) is 14.4 Å². The summed E-state index contributed by atoms with van der Waals surface area (Å²) in [7, 11) is -1.16. The first-order chi connectivity index (χ1) is 12.8. The molecule has 0 spiro atoms. The van der Waals surface area contributed by atoms with Gasteiger partial charge < -0.3 is 10.2 Å². The van der Waals surface area contributed by atoms with Crippen molar-refractivity contribution in [3.63, 3.8) is 0 Å². The Morgan fingerprint density at radius 2 is 1.70 bits per heavy atom. The van der Waals surface area contributed by atoms with E-state index in [4.69, 9.17) is 4.84 Å². The number of hydrogen-bond acceptors (Lipinski definition) is 5. The molecule has 1 N–H and O–H groups in total. The standard InChI is InChI=1S/C18H25N3O5S/c1-20(26-2)27(24,25)16-7-5-13(6-8-16)17(22)19-15-9-11-21(12-10-15)18(23)14-3-4-14/h5-8,14-15H,3-4,9-12H2,1-2H3,(H,19,22). The predicted molar refractivity (Wildman–Crippen MR) is 98.2 cm³/mol. The van der Waals surface area contributed by atoms with Crippen LogP contribution in [0.15, 0.2) is 29.2 Å². The summed E-state index contributed by atoms with van der Waals surface area (Å²) in [6.45, 7) is 1.33. The highest BCUT2D eigenvalue weighted by Gasteiger charge is 2.35. The van der Waals surface area contributed by atoms with Crippen molar-refractivity contribution >= 4 is 21.8 Å². The zero-order chi connectivity index (χ0) is 19.6. The summed E-state index contributed by atoms with van der Waals surface area (Å²) in [6, 6.07) is 5.76. The molecule has 2 fully saturated rings. The summed E-state index contributed by atoms with van der Waals surface area (Å²) in [5.74, 6) is 0.228. The Labute approximate surface area is 159 Å². The van der Waals surface area contributed by atoms with Gasteiger partial charge in [-0.1, -0.05) is 4.47 Å². The molecule has 0 unspecified atom stereocenters. The van der Waals surface area contributed by atoms with Crippen LogP contribution in [0.1, 0.15) is 36.0 Å². The fourth-order valence-electron chi connectivity index (χ4n) is 3.13. The second-order valence-electron chi connectivity index (χ2n) is 6.97. The maximum absolute atomic E-state index is 12.4. The Hall–Kier alpha value is -1.97. The third kappa shape index (κ3) is 4.48. The maximum atomic E-state index is 12.4. The molecule has 0 aromatic heterocycles. The van der Waals surface area contributed by atoms with Crippen molar-refractivity contribution in [2.24, 2.45) is 5.92 Å². The molecule has 1 aromatic carbocycles. The van der Waals surface area contributed by atoms with Gasteiger partial charge in [-0.2, -0.15) is 0 Å². The third-order valence-corrected chi connectivity index (χ3v) is 6.77. The summed E-state index contributed by atoms with van der Waals surface area (Å²) < 4.78 is 25.1. The van der Waals surface area contributed by atoms with Crippen molar-refractivity contribution in [2.75, 3.05) is 27.2 Å². The highest BCUT2D eigenvalue weighted by atomic mass is 32.2. The van der Waals surface area contributed by atoms with E-state index < -0.39 is 10.0 Å². The molecule has 1 heterocycles. The monoisotopic (exact) mass is 395 g/mol. The lowest BCUT2D eigenvalue weighted by atomic mass is 10.0. The van der Waals surface area contributed by atoms with Gasteiger partial charge in [0.25, 0.3) is 15.9 Å². The number of carbonyl (C=O) groups is 2. The van der Waals surface area contributed by atoms with Gasteiger partial charge in [0, 0.05) is 37.7 Å². The molecule has 0 radical (unpaired) electrons. The average molecular weight is 395 g/mol. The van der Waals surface area contributed by atoms with Crippen LogP contribution in [0.4, 0.5) is 0 Å². The number of piperidine rings is 1. The van der Waals surface area contributed by atoms with Crippen molar-refractivity contribution in [3.8, 4) is 0 Å². The molecular formula is C18H25N3O5S. The summed E-state index contributed by atoms with van der Waals surface area (Å²) in [5.41, 5.74) is 0.394. The molecule has 148 valence electrons. The van der Waals surface area contributed by atoms with Crippen LogP contribution in [0.2, 0.25) is 0 Å². The number of amides is 2. The van der Waals surface area contributed by atoms with Gasteiger partial charge in [0.1, 0.15) is 0 Å². The Balaban J connectivity index is 1.55. The molecule has 8 nitrogen and oxygen atoms in total. The van der Waals surface area contributed by atoms with Crippen LogP contribution in [-0.4, -0.2) is 62.9 Å². The molecule has 1 saturated carbocycles. The first-order valence-electron chi connectivity index (χ1n) is 9.05. The van der Waals surface area contributed by atoms with E-state index in [0.29, 0.717) is 18.7 Å². The molecule has 3 rings (SSSR count). The first-order valence-corrected chi connectivity index (χ1v) is 10.5. The van der Waals surface area contributed by atoms with Crippen LogP contribution in [0.25, 0.3) is 0 Å². The third-order valence-electron chi connectivity index (χ3n) is 5.08. The number of hydrogen-bond donors (Lipinski definition) is 1. The van der Waals surface area contributed by atoms with Crippen molar-refractivity contribution in [3.05, 3.63) is 29.8 Å². The van der Waals surface area contributed by atoms with E-state index in [1.165, 1.54) is 38.4 Å². The van der Waals surface area contributed by atoms with E-state index in [1.54, 1.807) is 0 Å². The normalized spacial score (nSPS) is 18.6. The second-order valence-corrected chi connectivity index (χ2v) is 8.90. The molecule has 1 saturated heterocycles. The number of nitrogens with one attached hydrogen (secondary N) is 1. The molecule has 2 aliphatic rings. The van der Waals surface area contributed by atoms with Crippen LogP contribution in [0.3, 0.4) is 0 Å². The number of rotatable bonds is 6. The number of hydroxylamine groups is 1. The van der Waals surface area contributed by atoms with E-state index >= 15 is 0 Å². The maximum Gasteiger partial charge on any atom is 0.264 e. The van der Waals surface area contributed by atoms with Gasteiger partial charge in [0.05, 0.1) is 12.0 Å². The van der Waals surface area contributed by atoms with Crippen molar-refractivity contribution in [1.29, 1.82) is 0 Å². The first kappa shape index (κ1) is 19.8. The molecule has 1 aromatic rings. The summed E-state index contributed by atoms with van der Waals surface area (Å²) in [6.07, 6.45) is 3.47. The van der Waals surface area contributed by atoms with E-state index in [9.17, 15) is 18.0 Å². The Morgan fingerprint density at radius 1 is 1.11 bits per heavy atom. The highest BCUT2D eigenvalue weighted by molar-refractivity contribution is 7.89. The minimum Gasteiger partial charge on any atom is -0.349 e. The molecule has 9 heteroatoms. The number of nitrogens with zero attached hydrogens (tertiary/aromatic N) is 2. The Kier molecular flexibility index (Phi) is 5.83. The lowest BCUT2D eigenvalue weighted by Gasteiger charge is -2.32. The molecule has 0 bridgehead atoms. The van der Waals surface area contributed by atoms with Crippen LogP contribution >= 0.6 is 0 Å². The van der Waals surface area contributed by atoms with Crippen molar-refractivity contribution in [2.45, 2.75) is 36.6 Å². The lowest BCUT2D eigenvalue weighted by Crippen LogP contribution is -2.47. The summed E-state index contributed by atoms with van der Waals surface area (Å²) >= 11 is 0. The van der Waals surface area contributed by atoms with Crippen LogP contribution in [0, 0.1) is 5.92 Å². The largest absolute Gasteiger partial charge is 0.349 e. The van der Waals surface area contributed by atoms with Gasteiger partial charge >= 0.3 is 0 Å².